The normalized spacial score (nSPS) is 29.1. The molecule has 0 radical (unpaired) electrons. The van der Waals surface area contributed by atoms with Crippen LogP contribution in [0.3, 0.4) is 0 Å². The topological polar surface area (TPSA) is 33.3 Å². The molecule has 1 atom stereocenters. The van der Waals surface area contributed by atoms with E-state index < -0.39 is 0 Å². The molecule has 1 saturated heterocycles. The van der Waals surface area contributed by atoms with Crippen LogP contribution in [0.2, 0.25) is 0 Å². The number of hydrogen-bond acceptors (Lipinski definition) is 3. The molecule has 3 nitrogen and oxygen atoms in total. The van der Waals surface area contributed by atoms with Crippen LogP contribution < -0.4 is 10.6 Å². The van der Waals surface area contributed by atoms with Gasteiger partial charge in [-0.3, -0.25) is 0 Å². The zero-order valence-corrected chi connectivity index (χ0v) is 7.21. The number of allylic oxidation sites excluding steroid dienone is 2. The molecule has 0 aliphatic carbocycles. The smallest absolute Gasteiger partial charge is 0.147 e. The predicted molar refractivity (Wildman–Crippen MR) is 47.6 cm³/mol. The average Bonchev–Trinajstić information content (AvgIpc) is 1.97. The van der Waals surface area contributed by atoms with Gasteiger partial charge in [-0.25, -0.2) is 0 Å². The Hall–Kier alpha value is -0.800. The number of dihydropyridines is 1. The van der Waals surface area contributed by atoms with E-state index in [2.05, 4.69) is 23.6 Å². The minimum absolute atomic E-state index is 0.0714. The van der Waals surface area contributed by atoms with Gasteiger partial charge in [0.25, 0.3) is 0 Å². The quantitative estimate of drug-likeness (QED) is 0.621. The first-order valence-corrected chi connectivity index (χ1v) is 4.32. The molecular weight excluding hydrogens is 152 g/mol. The van der Waals surface area contributed by atoms with Gasteiger partial charge < -0.3 is 15.4 Å². The summed E-state index contributed by atoms with van der Waals surface area (Å²) in [6.45, 7) is 4.04. The summed E-state index contributed by atoms with van der Waals surface area (Å²) in [5.41, 5.74) is 1.26. The van der Waals surface area contributed by atoms with Crippen molar-refractivity contribution in [2.45, 2.75) is 19.3 Å². The minimum atomic E-state index is 0.0714. The SMILES string of the molecule is CC1=CC(OC2CNC2)NC=C1. The number of hydrogen-bond donors (Lipinski definition) is 2. The lowest BCUT2D eigenvalue weighted by atomic mass is 10.2. The molecule has 2 N–H and O–H groups in total. The first-order valence-electron chi connectivity index (χ1n) is 4.32. The molecule has 0 amide bonds. The van der Waals surface area contributed by atoms with Gasteiger partial charge in [-0.15, -0.1) is 0 Å². The summed E-state index contributed by atoms with van der Waals surface area (Å²) in [6.07, 6.45) is 6.53. The van der Waals surface area contributed by atoms with Crippen LogP contribution in [0.25, 0.3) is 0 Å². The minimum Gasteiger partial charge on any atom is -0.363 e. The number of rotatable bonds is 2. The van der Waals surface area contributed by atoms with E-state index in [0.717, 1.165) is 13.1 Å². The second-order valence-corrected chi connectivity index (χ2v) is 3.25. The lowest BCUT2D eigenvalue weighted by Gasteiger charge is -2.31. The summed E-state index contributed by atoms with van der Waals surface area (Å²) in [5.74, 6) is 0. The van der Waals surface area contributed by atoms with Crippen molar-refractivity contribution >= 4 is 0 Å². The summed E-state index contributed by atoms with van der Waals surface area (Å²) in [5, 5.41) is 6.31. The monoisotopic (exact) mass is 166 g/mol. The van der Waals surface area contributed by atoms with E-state index in [-0.39, 0.29) is 6.23 Å². The molecular formula is C9H14N2O. The van der Waals surface area contributed by atoms with Gasteiger partial charge in [0.05, 0.1) is 6.10 Å². The fourth-order valence-electron chi connectivity index (χ4n) is 1.26. The summed E-state index contributed by atoms with van der Waals surface area (Å²) >= 11 is 0. The van der Waals surface area contributed by atoms with Gasteiger partial charge >= 0.3 is 0 Å². The average molecular weight is 166 g/mol. The van der Waals surface area contributed by atoms with Crippen LogP contribution in [0.1, 0.15) is 6.92 Å². The molecule has 2 rings (SSSR count). The number of ether oxygens (including phenoxy) is 1. The Morgan fingerprint density at radius 3 is 2.92 bits per heavy atom. The lowest BCUT2D eigenvalue weighted by Crippen LogP contribution is -2.51. The molecule has 12 heavy (non-hydrogen) atoms. The fraction of sp³-hybridized carbons (Fsp3) is 0.556. The third-order valence-electron chi connectivity index (χ3n) is 2.10. The van der Waals surface area contributed by atoms with Gasteiger partial charge in [-0.05, 0) is 30.8 Å². The third kappa shape index (κ3) is 1.68. The van der Waals surface area contributed by atoms with E-state index in [0.29, 0.717) is 6.10 Å². The van der Waals surface area contributed by atoms with Crippen molar-refractivity contribution < 1.29 is 4.74 Å². The van der Waals surface area contributed by atoms with Crippen LogP contribution in [0.4, 0.5) is 0 Å². The van der Waals surface area contributed by atoms with E-state index in [1.54, 1.807) is 0 Å². The van der Waals surface area contributed by atoms with Gasteiger partial charge in [0, 0.05) is 13.1 Å². The molecule has 1 unspecified atom stereocenters. The highest BCUT2D eigenvalue weighted by Crippen LogP contribution is 2.08. The maximum Gasteiger partial charge on any atom is 0.147 e. The maximum atomic E-state index is 5.70. The molecule has 2 aliphatic rings. The highest BCUT2D eigenvalue weighted by atomic mass is 16.5. The maximum absolute atomic E-state index is 5.70. The Kier molecular flexibility index (Phi) is 2.15. The second kappa shape index (κ2) is 3.29. The third-order valence-corrected chi connectivity index (χ3v) is 2.10. The van der Waals surface area contributed by atoms with Crippen LogP contribution in [0, 0.1) is 0 Å². The predicted octanol–water partition coefficient (Wildman–Crippen LogP) is 0.364. The first-order chi connectivity index (χ1) is 5.84. The number of nitrogens with one attached hydrogen (secondary N) is 2. The van der Waals surface area contributed by atoms with E-state index in [1.165, 1.54) is 5.57 Å². The largest absolute Gasteiger partial charge is 0.363 e. The van der Waals surface area contributed by atoms with Crippen LogP contribution in [-0.2, 0) is 4.74 Å². The van der Waals surface area contributed by atoms with Crippen molar-refractivity contribution in [3.8, 4) is 0 Å². The molecule has 2 heterocycles. The van der Waals surface area contributed by atoms with E-state index in [4.69, 9.17) is 4.74 Å². The molecule has 0 aromatic heterocycles. The van der Waals surface area contributed by atoms with Crippen molar-refractivity contribution in [2.24, 2.45) is 0 Å². The standard InChI is InChI=1S/C9H14N2O/c1-7-2-3-11-9(4-7)12-8-5-10-6-8/h2-4,8-11H,5-6H2,1H3. The van der Waals surface area contributed by atoms with Crippen molar-refractivity contribution in [3.05, 3.63) is 23.9 Å². The zero-order chi connectivity index (χ0) is 8.39. The molecule has 66 valence electrons. The van der Waals surface area contributed by atoms with Gasteiger partial charge in [-0.2, -0.15) is 0 Å². The van der Waals surface area contributed by atoms with Crippen molar-refractivity contribution in [2.75, 3.05) is 13.1 Å². The van der Waals surface area contributed by atoms with E-state index >= 15 is 0 Å². The van der Waals surface area contributed by atoms with Crippen LogP contribution >= 0.6 is 0 Å². The van der Waals surface area contributed by atoms with Gasteiger partial charge in [0.15, 0.2) is 0 Å². The molecule has 1 fully saturated rings. The first kappa shape index (κ1) is 7.83. The molecule has 0 aromatic rings. The second-order valence-electron chi connectivity index (χ2n) is 3.25. The fourth-order valence-corrected chi connectivity index (χ4v) is 1.26. The Balaban J connectivity index is 1.84. The zero-order valence-electron chi connectivity index (χ0n) is 7.21. The highest BCUT2D eigenvalue weighted by Gasteiger charge is 2.20. The van der Waals surface area contributed by atoms with E-state index in [9.17, 15) is 0 Å². The Morgan fingerprint density at radius 1 is 1.50 bits per heavy atom. The molecule has 2 aliphatic heterocycles. The van der Waals surface area contributed by atoms with Gasteiger partial charge in [0.2, 0.25) is 0 Å². The Bertz CT molecular complexity index is 219. The Labute approximate surface area is 72.5 Å². The lowest BCUT2D eigenvalue weighted by molar-refractivity contribution is -0.0249. The van der Waals surface area contributed by atoms with Crippen LogP contribution in [0.5, 0.6) is 0 Å². The summed E-state index contributed by atoms with van der Waals surface area (Å²) < 4.78 is 5.70. The van der Waals surface area contributed by atoms with Crippen molar-refractivity contribution in [1.29, 1.82) is 0 Å². The summed E-state index contributed by atoms with van der Waals surface area (Å²) in [4.78, 5) is 0. The van der Waals surface area contributed by atoms with E-state index in [1.807, 2.05) is 12.3 Å². The summed E-state index contributed by atoms with van der Waals surface area (Å²) in [6, 6.07) is 0. The van der Waals surface area contributed by atoms with Crippen LogP contribution in [0.15, 0.2) is 23.9 Å². The molecule has 0 saturated carbocycles. The molecule has 0 aromatic carbocycles. The van der Waals surface area contributed by atoms with Gasteiger partial charge in [0.1, 0.15) is 6.23 Å². The summed E-state index contributed by atoms with van der Waals surface area (Å²) in [7, 11) is 0. The van der Waals surface area contributed by atoms with Crippen molar-refractivity contribution in [1.82, 2.24) is 10.6 Å². The van der Waals surface area contributed by atoms with Gasteiger partial charge in [-0.1, -0.05) is 0 Å². The molecule has 0 bridgehead atoms. The molecule has 3 heteroatoms. The van der Waals surface area contributed by atoms with Crippen LogP contribution in [-0.4, -0.2) is 25.4 Å². The Morgan fingerprint density at radius 2 is 2.33 bits per heavy atom. The van der Waals surface area contributed by atoms with Crippen molar-refractivity contribution in [3.63, 3.8) is 0 Å². The highest BCUT2D eigenvalue weighted by molar-refractivity contribution is 5.20. The molecule has 0 spiro atoms.